The number of hydrogen-bond acceptors (Lipinski definition) is 3. The Kier molecular flexibility index (Phi) is 4.99. The second-order valence-electron chi connectivity index (χ2n) is 4.23. The van der Waals surface area contributed by atoms with Gasteiger partial charge >= 0.3 is 16.1 Å². The van der Waals surface area contributed by atoms with Gasteiger partial charge in [-0.25, -0.2) is 0 Å². The molecular formula is C11H21N2O3S+. The van der Waals surface area contributed by atoms with Crippen LogP contribution in [0.4, 0.5) is 0 Å². The van der Waals surface area contributed by atoms with Crippen LogP contribution in [0, 0.1) is 0 Å². The van der Waals surface area contributed by atoms with Gasteiger partial charge < -0.3 is 4.18 Å². The Morgan fingerprint density at radius 1 is 1.35 bits per heavy atom. The molecule has 0 fully saturated rings. The molecule has 0 saturated carbocycles. The van der Waals surface area contributed by atoms with Crippen molar-refractivity contribution in [2.45, 2.75) is 39.2 Å². The lowest BCUT2D eigenvalue weighted by molar-refractivity contribution is -0.674. The first-order chi connectivity index (χ1) is 7.94. The van der Waals surface area contributed by atoms with Crippen LogP contribution in [0.15, 0.2) is 12.4 Å². The molecule has 98 valence electrons. The number of hydrogen-bond donors (Lipinski definition) is 0. The van der Waals surface area contributed by atoms with Gasteiger partial charge in [-0.2, -0.15) is 17.6 Å². The molecular weight excluding hydrogens is 240 g/mol. The Bertz CT molecular complexity index is 451. The van der Waals surface area contributed by atoms with Crippen LogP contribution >= 0.6 is 0 Å². The topological polar surface area (TPSA) is 52.2 Å². The molecule has 0 spiro atoms. The molecule has 5 nitrogen and oxygen atoms in total. The normalized spacial score (nSPS) is 11.7. The molecule has 1 rings (SSSR count). The number of aromatic nitrogens is 2. The Labute approximate surface area is 103 Å². The highest BCUT2D eigenvalue weighted by atomic mass is 32.2. The fourth-order valence-corrected chi connectivity index (χ4v) is 2.12. The zero-order chi connectivity index (χ0) is 12.9. The first-order valence-electron chi connectivity index (χ1n) is 5.88. The number of imidazole rings is 1. The van der Waals surface area contributed by atoms with E-state index in [4.69, 9.17) is 4.18 Å². The van der Waals surface area contributed by atoms with Crippen LogP contribution in [0.3, 0.4) is 0 Å². The second-order valence-corrected chi connectivity index (χ2v) is 5.81. The molecule has 0 aliphatic carbocycles. The predicted molar refractivity (Wildman–Crippen MR) is 65.2 cm³/mol. The van der Waals surface area contributed by atoms with E-state index < -0.39 is 10.1 Å². The second kappa shape index (κ2) is 6.05. The van der Waals surface area contributed by atoms with Crippen molar-refractivity contribution in [3.63, 3.8) is 0 Å². The molecule has 0 N–H and O–H groups in total. The summed E-state index contributed by atoms with van der Waals surface area (Å²) in [5, 5.41) is 0. The first kappa shape index (κ1) is 14.0. The average molecular weight is 261 g/mol. The monoisotopic (exact) mass is 261 g/mol. The molecule has 1 aromatic rings. The lowest BCUT2D eigenvalue weighted by Crippen LogP contribution is -2.30. The zero-order valence-corrected chi connectivity index (χ0v) is 11.5. The lowest BCUT2D eigenvalue weighted by Gasteiger charge is -2.02. The highest BCUT2D eigenvalue weighted by Crippen LogP contribution is 2.10. The van der Waals surface area contributed by atoms with E-state index in [0.717, 1.165) is 25.6 Å². The maximum absolute atomic E-state index is 11.1. The van der Waals surface area contributed by atoms with Crippen LogP contribution < -0.4 is 8.75 Å². The van der Waals surface area contributed by atoms with Crippen molar-refractivity contribution in [2.75, 3.05) is 6.26 Å². The minimum atomic E-state index is -3.47. The molecule has 1 heterocycles. The van der Waals surface area contributed by atoms with Gasteiger partial charge in [-0.05, 0) is 12.8 Å². The van der Waals surface area contributed by atoms with Crippen molar-refractivity contribution in [2.24, 2.45) is 7.05 Å². The summed E-state index contributed by atoms with van der Waals surface area (Å²) in [4.78, 5) is 0. The maximum atomic E-state index is 11.1. The molecule has 0 amide bonds. The van der Waals surface area contributed by atoms with Crippen molar-refractivity contribution in [1.82, 2.24) is 4.57 Å². The van der Waals surface area contributed by atoms with Gasteiger partial charge in [-0.1, -0.05) is 19.8 Å². The predicted octanol–water partition coefficient (Wildman–Crippen LogP) is 1.23. The third kappa shape index (κ3) is 4.77. The van der Waals surface area contributed by atoms with Gasteiger partial charge in [0.05, 0.1) is 19.8 Å². The fraction of sp³-hybridized carbons (Fsp3) is 0.727. The van der Waals surface area contributed by atoms with Gasteiger partial charge in [0.1, 0.15) is 12.4 Å². The average Bonchev–Trinajstić information content (AvgIpc) is 2.54. The maximum Gasteiger partial charge on any atom is 0.471 e. The van der Waals surface area contributed by atoms with Gasteiger partial charge in [-0.15, -0.1) is 0 Å². The van der Waals surface area contributed by atoms with Crippen LogP contribution in [0.1, 0.15) is 32.6 Å². The van der Waals surface area contributed by atoms with Crippen molar-refractivity contribution in [3.8, 4) is 6.01 Å². The van der Waals surface area contributed by atoms with Gasteiger partial charge in [0.25, 0.3) is 0 Å². The number of rotatable bonds is 7. The van der Waals surface area contributed by atoms with E-state index in [9.17, 15) is 8.42 Å². The SMILES string of the molecule is CCCCCCn1cc[n+](C)c1OS(C)(=O)=O. The summed E-state index contributed by atoms with van der Waals surface area (Å²) in [5.41, 5.74) is 0. The Balaban J connectivity index is 2.66. The third-order valence-electron chi connectivity index (χ3n) is 2.50. The van der Waals surface area contributed by atoms with Crippen LogP contribution in [-0.4, -0.2) is 19.2 Å². The first-order valence-corrected chi connectivity index (χ1v) is 7.70. The summed E-state index contributed by atoms with van der Waals surface area (Å²) in [6, 6.07) is 0.365. The van der Waals surface area contributed by atoms with Gasteiger partial charge in [0.2, 0.25) is 0 Å². The quantitative estimate of drug-likeness (QED) is 0.421. The van der Waals surface area contributed by atoms with Gasteiger partial charge in [-0.3, -0.25) is 0 Å². The van der Waals surface area contributed by atoms with Gasteiger partial charge in [0.15, 0.2) is 0 Å². The molecule has 0 aliphatic rings. The Morgan fingerprint density at radius 2 is 2.06 bits per heavy atom. The Morgan fingerprint density at radius 3 is 2.65 bits per heavy atom. The summed E-state index contributed by atoms with van der Waals surface area (Å²) >= 11 is 0. The van der Waals surface area contributed by atoms with Crippen molar-refractivity contribution in [1.29, 1.82) is 0 Å². The molecule has 0 unspecified atom stereocenters. The smallest absolute Gasteiger partial charge is 0.308 e. The largest absolute Gasteiger partial charge is 0.471 e. The molecule has 17 heavy (non-hydrogen) atoms. The molecule has 6 heteroatoms. The van der Waals surface area contributed by atoms with E-state index in [1.807, 2.05) is 10.8 Å². The highest BCUT2D eigenvalue weighted by Gasteiger charge is 2.20. The fourth-order valence-electron chi connectivity index (χ4n) is 1.63. The van der Waals surface area contributed by atoms with Crippen LogP contribution in [0.5, 0.6) is 6.01 Å². The van der Waals surface area contributed by atoms with Crippen LogP contribution in [0.25, 0.3) is 0 Å². The molecule has 0 atom stereocenters. The standard InChI is InChI=1S/C11H21N2O3S/c1-4-5-6-7-8-13-10-9-12(2)11(13)16-17(3,14)15/h9-10H,4-8H2,1-3H3/q+1. The molecule has 0 saturated heterocycles. The minimum absolute atomic E-state index is 0.365. The van der Waals surface area contributed by atoms with Crippen LogP contribution in [-0.2, 0) is 23.7 Å². The number of aryl methyl sites for hydroxylation is 2. The molecule has 1 aromatic heterocycles. The summed E-state index contributed by atoms with van der Waals surface area (Å²) in [7, 11) is -1.70. The van der Waals surface area contributed by atoms with E-state index in [0.29, 0.717) is 6.01 Å². The van der Waals surface area contributed by atoms with Gasteiger partial charge in [0, 0.05) is 0 Å². The zero-order valence-electron chi connectivity index (χ0n) is 10.7. The summed E-state index contributed by atoms with van der Waals surface area (Å²) in [6.07, 6.45) is 9.26. The van der Waals surface area contributed by atoms with E-state index in [-0.39, 0.29) is 0 Å². The van der Waals surface area contributed by atoms with Crippen molar-refractivity contribution < 1.29 is 17.2 Å². The molecule has 0 aromatic carbocycles. The van der Waals surface area contributed by atoms with E-state index >= 15 is 0 Å². The van der Waals surface area contributed by atoms with Crippen molar-refractivity contribution >= 4 is 10.1 Å². The molecule has 0 bridgehead atoms. The summed E-state index contributed by atoms with van der Waals surface area (Å²) in [6.45, 7) is 2.94. The van der Waals surface area contributed by atoms with E-state index in [1.54, 1.807) is 17.8 Å². The number of unbranched alkanes of at least 4 members (excludes halogenated alkanes) is 3. The minimum Gasteiger partial charge on any atom is -0.308 e. The molecule has 0 aliphatic heterocycles. The van der Waals surface area contributed by atoms with E-state index in [2.05, 4.69) is 6.92 Å². The summed E-state index contributed by atoms with van der Waals surface area (Å²) < 4.78 is 30.7. The number of nitrogens with zero attached hydrogens (tertiary/aromatic N) is 2. The summed E-state index contributed by atoms with van der Waals surface area (Å²) in [5.74, 6) is 0. The Hall–Kier alpha value is -1.04. The van der Waals surface area contributed by atoms with E-state index in [1.165, 1.54) is 12.8 Å². The van der Waals surface area contributed by atoms with Crippen molar-refractivity contribution in [3.05, 3.63) is 12.4 Å². The van der Waals surface area contributed by atoms with Crippen LogP contribution in [0.2, 0.25) is 0 Å². The third-order valence-corrected chi connectivity index (χ3v) is 2.95. The molecule has 0 radical (unpaired) electrons. The lowest BCUT2D eigenvalue weighted by atomic mass is 10.2. The highest BCUT2D eigenvalue weighted by molar-refractivity contribution is 7.86.